The minimum atomic E-state index is -0.212. The second kappa shape index (κ2) is 10.2. The molecule has 0 radical (unpaired) electrons. The Kier molecular flexibility index (Phi) is 8.47. The highest BCUT2D eigenvalue weighted by Gasteiger charge is 2.14. The number of rotatable bonds is 10. The van der Waals surface area contributed by atoms with E-state index in [1.807, 2.05) is 31.2 Å². The first-order chi connectivity index (χ1) is 10.2. The van der Waals surface area contributed by atoms with Crippen LogP contribution in [0.25, 0.3) is 0 Å². The summed E-state index contributed by atoms with van der Waals surface area (Å²) in [4.78, 5) is 11.5. The van der Waals surface area contributed by atoms with Crippen molar-refractivity contribution < 1.29 is 19.0 Å². The SMILES string of the molecule is CCOc1ccc(CC(CC(=O)OC)NCCOC)cc1. The number of benzene rings is 1. The molecule has 5 heteroatoms. The molecule has 0 saturated heterocycles. The molecule has 5 nitrogen and oxygen atoms in total. The number of hydrogen-bond donors (Lipinski definition) is 1. The molecule has 1 unspecified atom stereocenters. The van der Waals surface area contributed by atoms with Crippen molar-refractivity contribution in [2.75, 3.05) is 34.0 Å². The molecule has 118 valence electrons. The van der Waals surface area contributed by atoms with Gasteiger partial charge in [0.15, 0.2) is 0 Å². The Morgan fingerprint density at radius 2 is 1.95 bits per heavy atom. The van der Waals surface area contributed by atoms with Crippen molar-refractivity contribution in [2.45, 2.75) is 25.8 Å². The first-order valence-corrected chi connectivity index (χ1v) is 7.20. The number of methoxy groups -OCH3 is 2. The minimum absolute atomic E-state index is 0.0329. The average molecular weight is 295 g/mol. The Morgan fingerprint density at radius 3 is 2.52 bits per heavy atom. The van der Waals surface area contributed by atoms with Gasteiger partial charge in [0.1, 0.15) is 5.75 Å². The summed E-state index contributed by atoms with van der Waals surface area (Å²) in [5, 5.41) is 3.32. The summed E-state index contributed by atoms with van der Waals surface area (Å²) in [6, 6.07) is 7.97. The van der Waals surface area contributed by atoms with Crippen molar-refractivity contribution in [3.05, 3.63) is 29.8 Å². The molecule has 0 bridgehead atoms. The normalized spacial score (nSPS) is 12.0. The predicted octanol–water partition coefficient (Wildman–Crippen LogP) is 1.80. The summed E-state index contributed by atoms with van der Waals surface area (Å²) in [5.74, 6) is 0.647. The highest BCUT2D eigenvalue weighted by Crippen LogP contribution is 2.14. The molecule has 0 spiro atoms. The smallest absolute Gasteiger partial charge is 0.307 e. The van der Waals surface area contributed by atoms with E-state index in [0.717, 1.165) is 17.7 Å². The summed E-state index contributed by atoms with van der Waals surface area (Å²) in [5.41, 5.74) is 1.15. The molecule has 1 atom stereocenters. The van der Waals surface area contributed by atoms with Gasteiger partial charge in [-0.2, -0.15) is 0 Å². The third-order valence-corrected chi connectivity index (χ3v) is 3.10. The molecular weight excluding hydrogens is 270 g/mol. The summed E-state index contributed by atoms with van der Waals surface area (Å²) < 4.78 is 15.2. The van der Waals surface area contributed by atoms with Crippen molar-refractivity contribution in [1.82, 2.24) is 5.32 Å². The van der Waals surface area contributed by atoms with Crippen molar-refractivity contribution in [3.8, 4) is 5.75 Å². The van der Waals surface area contributed by atoms with Gasteiger partial charge >= 0.3 is 5.97 Å². The maximum absolute atomic E-state index is 11.5. The van der Waals surface area contributed by atoms with Crippen LogP contribution in [-0.4, -0.2) is 46.0 Å². The van der Waals surface area contributed by atoms with Crippen LogP contribution in [-0.2, 0) is 20.7 Å². The number of nitrogens with one attached hydrogen (secondary N) is 1. The molecule has 1 aromatic rings. The van der Waals surface area contributed by atoms with Crippen LogP contribution in [0.1, 0.15) is 18.9 Å². The van der Waals surface area contributed by atoms with E-state index < -0.39 is 0 Å². The fraction of sp³-hybridized carbons (Fsp3) is 0.562. The molecule has 0 heterocycles. The quantitative estimate of drug-likeness (QED) is 0.527. The molecule has 0 aliphatic rings. The molecule has 0 aliphatic carbocycles. The largest absolute Gasteiger partial charge is 0.494 e. The van der Waals surface area contributed by atoms with Crippen LogP contribution in [0.3, 0.4) is 0 Å². The van der Waals surface area contributed by atoms with Gasteiger partial charge in [-0.15, -0.1) is 0 Å². The number of carbonyl (C=O) groups is 1. The average Bonchev–Trinajstić information content (AvgIpc) is 2.49. The Labute approximate surface area is 126 Å². The first-order valence-electron chi connectivity index (χ1n) is 7.20. The van der Waals surface area contributed by atoms with Gasteiger partial charge in [0, 0.05) is 19.7 Å². The van der Waals surface area contributed by atoms with E-state index in [-0.39, 0.29) is 12.0 Å². The topological polar surface area (TPSA) is 56.8 Å². The zero-order valence-electron chi connectivity index (χ0n) is 13.1. The van der Waals surface area contributed by atoms with Gasteiger partial charge in [0.25, 0.3) is 0 Å². The van der Waals surface area contributed by atoms with Crippen molar-refractivity contribution in [1.29, 1.82) is 0 Å². The second-order valence-electron chi connectivity index (χ2n) is 4.71. The fourth-order valence-corrected chi connectivity index (χ4v) is 2.04. The van der Waals surface area contributed by atoms with E-state index >= 15 is 0 Å². The third-order valence-electron chi connectivity index (χ3n) is 3.10. The summed E-state index contributed by atoms with van der Waals surface area (Å²) in [6.45, 7) is 3.93. The molecule has 0 aliphatic heterocycles. The molecule has 1 rings (SSSR count). The molecule has 21 heavy (non-hydrogen) atoms. The van der Waals surface area contributed by atoms with E-state index in [9.17, 15) is 4.79 Å². The molecule has 1 N–H and O–H groups in total. The number of esters is 1. The van der Waals surface area contributed by atoms with Gasteiger partial charge in [-0.05, 0) is 31.0 Å². The summed E-state index contributed by atoms with van der Waals surface area (Å²) >= 11 is 0. The predicted molar refractivity (Wildman–Crippen MR) is 81.6 cm³/mol. The molecular formula is C16H25NO4. The highest BCUT2D eigenvalue weighted by molar-refractivity contribution is 5.70. The maximum atomic E-state index is 11.5. The summed E-state index contributed by atoms with van der Waals surface area (Å²) in [6.07, 6.45) is 1.10. The van der Waals surface area contributed by atoms with E-state index in [0.29, 0.717) is 26.2 Å². The maximum Gasteiger partial charge on any atom is 0.307 e. The molecule has 0 aromatic heterocycles. The van der Waals surface area contributed by atoms with Crippen molar-refractivity contribution in [3.63, 3.8) is 0 Å². The Balaban J connectivity index is 2.58. The molecule has 0 fully saturated rings. The lowest BCUT2D eigenvalue weighted by Gasteiger charge is -2.18. The minimum Gasteiger partial charge on any atom is -0.494 e. The lowest BCUT2D eigenvalue weighted by atomic mass is 10.0. The van der Waals surface area contributed by atoms with Crippen LogP contribution < -0.4 is 10.1 Å². The first kappa shape index (κ1) is 17.5. The van der Waals surface area contributed by atoms with Crippen LogP contribution in [0.4, 0.5) is 0 Å². The molecule has 0 amide bonds. The standard InChI is InChI=1S/C16H25NO4/c1-4-21-15-7-5-13(6-8-15)11-14(12-16(18)20-3)17-9-10-19-2/h5-8,14,17H,4,9-12H2,1-3H3. The van der Waals surface area contributed by atoms with Gasteiger partial charge in [-0.1, -0.05) is 12.1 Å². The van der Waals surface area contributed by atoms with Crippen molar-refractivity contribution in [2.24, 2.45) is 0 Å². The molecule has 0 saturated carbocycles. The summed E-state index contributed by atoms with van der Waals surface area (Å²) in [7, 11) is 3.06. The molecule has 1 aromatic carbocycles. The fourth-order valence-electron chi connectivity index (χ4n) is 2.04. The van der Waals surface area contributed by atoms with E-state index in [4.69, 9.17) is 14.2 Å². The van der Waals surface area contributed by atoms with Gasteiger partial charge in [0.2, 0.25) is 0 Å². The van der Waals surface area contributed by atoms with Gasteiger partial charge in [0.05, 0.1) is 26.7 Å². The Hall–Kier alpha value is -1.59. The number of hydrogen-bond acceptors (Lipinski definition) is 5. The van der Waals surface area contributed by atoms with E-state index in [1.54, 1.807) is 7.11 Å². The number of carbonyl (C=O) groups excluding carboxylic acids is 1. The van der Waals surface area contributed by atoms with Crippen LogP contribution in [0, 0.1) is 0 Å². The third kappa shape index (κ3) is 7.11. The lowest BCUT2D eigenvalue weighted by molar-refractivity contribution is -0.141. The highest BCUT2D eigenvalue weighted by atomic mass is 16.5. The van der Waals surface area contributed by atoms with Crippen molar-refractivity contribution >= 4 is 5.97 Å². The van der Waals surface area contributed by atoms with Gasteiger partial charge < -0.3 is 19.5 Å². The Morgan fingerprint density at radius 1 is 1.24 bits per heavy atom. The van der Waals surface area contributed by atoms with E-state index in [2.05, 4.69) is 5.32 Å². The van der Waals surface area contributed by atoms with Crippen LogP contribution in [0.2, 0.25) is 0 Å². The number of ether oxygens (including phenoxy) is 3. The van der Waals surface area contributed by atoms with Crippen LogP contribution in [0.5, 0.6) is 5.75 Å². The van der Waals surface area contributed by atoms with Gasteiger partial charge in [-0.3, -0.25) is 4.79 Å². The monoisotopic (exact) mass is 295 g/mol. The Bertz CT molecular complexity index is 405. The van der Waals surface area contributed by atoms with Crippen LogP contribution >= 0.6 is 0 Å². The zero-order chi connectivity index (χ0) is 15.5. The van der Waals surface area contributed by atoms with Crippen LogP contribution in [0.15, 0.2) is 24.3 Å². The van der Waals surface area contributed by atoms with E-state index in [1.165, 1.54) is 7.11 Å². The lowest BCUT2D eigenvalue weighted by Crippen LogP contribution is -2.35. The van der Waals surface area contributed by atoms with Gasteiger partial charge in [-0.25, -0.2) is 0 Å². The second-order valence-corrected chi connectivity index (χ2v) is 4.71. The zero-order valence-corrected chi connectivity index (χ0v) is 13.1.